The average Bonchev–Trinajstić information content (AvgIpc) is 2.85. The molecule has 0 aliphatic carbocycles. The van der Waals surface area contributed by atoms with Crippen LogP contribution in [0, 0.1) is 0 Å². The van der Waals surface area contributed by atoms with Crippen LogP contribution in [0.2, 0.25) is 0 Å². The van der Waals surface area contributed by atoms with Crippen LogP contribution >= 0.6 is 0 Å². The highest BCUT2D eigenvalue weighted by atomic mass is 16.7. The number of hydrogen-bond acceptors (Lipinski definition) is 4. The van der Waals surface area contributed by atoms with Crippen molar-refractivity contribution in [3.63, 3.8) is 0 Å². The molecule has 1 aliphatic heterocycles. The second-order valence-corrected chi connectivity index (χ2v) is 3.89. The monoisotopic (exact) mass is 236 g/mol. The lowest BCUT2D eigenvalue weighted by Crippen LogP contribution is -2.20. The molecular weight excluding hydrogens is 220 g/mol. The molecule has 2 rings (SSSR count). The SMILES string of the molecule is CCC1COC(COC(=O)c2ccccc2)O1. The van der Waals surface area contributed by atoms with E-state index >= 15 is 0 Å². The van der Waals surface area contributed by atoms with Crippen molar-refractivity contribution in [3.8, 4) is 0 Å². The van der Waals surface area contributed by atoms with Crippen LogP contribution in [0.3, 0.4) is 0 Å². The molecule has 0 aromatic heterocycles. The molecule has 0 saturated carbocycles. The Kier molecular flexibility index (Phi) is 4.12. The Hall–Kier alpha value is -1.39. The van der Waals surface area contributed by atoms with Gasteiger partial charge >= 0.3 is 5.97 Å². The van der Waals surface area contributed by atoms with Crippen LogP contribution < -0.4 is 0 Å². The van der Waals surface area contributed by atoms with Crippen molar-refractivity contribution in [3.05, 3.63) is 35.9 Å². The Balaban J connectivity index is 1.78. The van der Waals surface area contributed by atoms with Crippen LogP contribution in [0.25, 0.3) is 0 Å². The molecule has 17 heavy (non-hydrogen) atoms. The molecule has 1 fully saturated rings. The molecule has 1 heterocycles. The van der Waals surface area contributed by atoms with Gasteiger partial charge in [0.15, 0.2) is 6.29 Å². The van der Waals surface area contributed by atoms with Gasteiger partial charge in [-0.25, -0.2) is 4.79 Å². The molecule has 1 saturated heterocycles. The number of hydrogen-bond donors (Lipinski definition) is 0. The second kappa shape index (κ2) is 5.80. The van der Waals surface area contributed by atoms with Crippen LogP contribution in [-0.2, 0) is 14.2 Å². The van der Waals surface area contributed by atoms with Gasteiger partial charge < -0.3 is 14.2 Å². The highest BCUT2D eigenvalue weighted by Crippen LogP contribution is 2.14. The molecule has 0 amide bonds. The Morgan fingerprint density at radius 1 is 1.41 bits per heavy atom. The minimum Gasteiger partial charge on any atom is -0.457 e. The highest BCUT2D eigenvalue weighted by molar-refractivity contribution is 5.89. The van der Waals surface area contributed by atoms with Crippen LogP contribution in [-0.4, -0.2) is 31.6 Å². The van der Waals surface area contributed by atoms with Gasteiger partial charge in [0.05, 0.1) is 18.3 Å². The third kappa shape index (κ3) is 3.28. The van der Waals surface area contributed by atoms with Gasteiger partial charge in [-0.3, -0.25) is 0 Å². The lowest BCUT2D eigenvalue weighted by molar-refractivity contribution is -0.0927. The zero-order valence-electron chi connectivity index (χ0n) is 9.80. The van der Waals surface area contributed by atoms with Crippen molar-refractivity contribution >= 4 is 5.97 Å². The predicted molar refractivity (Wildman–Crippen MR) is 61.6 cm³/mol. The van der Waals surface area contributed by atoms with Crippen LogP contribution in [0.15, 0.2) is 30.3 Å². The van der Waals surface area contributed by atoms with Gasteiger partial charge in [0.2, 0.25) is 0 Å². The van der Waals surface area contributed by atoms with Crippen molar-refractivity contribution in [2.24, 2.45) is 0 Å². The van der Waals surface area contributed by atoms with E-state index in [1.54, 1.807) is 24.3 Å². The van der Waals surface area contributed by atoms with Gasteiger partial charge in [-0.1, -0.05) is 25.1 Å². The largest absolute Gasteiger partial charge is 0.457 e. The number of carbonyl (C=O) groups excluding carboxylic acids is 1. The number of esters is 1. The summed E-state index contributed by atoms with van der Waals surface area (Å²) in [6.07, 6.45) is 0.603. The molecule has 0 bridgehead atoms. The second-order valence-electron chi connectivity index (χ2n) is 3.89. The fraction of sp³-hybridized carbons (Fsp3) is 0.462. The summed E-state index contributed by atoms with van der Waals surface area (Å²) >= 11 is 0. The van der Waals surface area contributed by atoms with E-state index in [-0.39, 0.29) is 18.7 Å². The Bertz CT molecular complexity index is 363. The minimum absolute atomic E-state index is 0.121. The normalized spacial score (nSPS) is 23.6. The van der Waals surface area contributed by atoms with Gasteiger partial charge in [0.1, 0.15) is 6.61 Å². The first-order valence-electron chi connectivity index (χ1n) is 5.79. The van der Waals surface area contributed by atoms with Crippen molar-refractivity contribution < 1.29 is 19.0 Å². The first-order chi connectivity index (χ1) is 8.29. The molecule has 0 radical (unpaired) electrons. The van der Waals surface area contributed by atoms with Crippen LogP contribution in [0.1, 0.15) is 23.7 Å². The maximum absolute atomic E-state index is 11.6. The molecule has 1 aliphatic rings. The van der Waals surface area contributed by atoms with Gasteiger partial charge in [-0.2, -0.15) is 0 Å². The van der Waals surface area contributed by atoms with Crippen LogP contribution in [0.4, 0.5) is 0 Å². The van der Waals surface area contributed by atoms with Crippen molar-refractivity contribution in [2.75, 3.05) is 13.2 Å². The molecule has 2 unspecified atom stereocenters. The minimum atomic E-state index is -0.424. The molecule has 0 N–H and O–H groups in total. The summed E-state index contributed by atoms with van der Waals surface area (Å²) in [7, 11) is 0. The Morgan fingerprint density at radius 3 is 2.82 bits per heavy atom. The van der Waals surface area contributed by atoms with E-state index < -0.39 is 6.29 Å². The van der Waals surface area contributed by atoms with E-state index in [2.05, 4.69) is 0 Å². The number of ether oxygens (including phenoxy) is 3. The number of carbonyl (C=O) groups is 1. The molecule has 1 aromatic carbocycles. The summed E-state index contributed by atoms with van der Waals surface area (Å²) in [4.78, 5) is 11.6. The summed E-state index contributed by atoms with van der Waals surface area (Å²) in [6, 6.07) is 8.88. The fourth-order valence-corrected chi connectivity index (χ4v) is 1.61. The highest BCUT2D eigenvalue weighted by Gasteiger charge is 2.25. The Labute approximate surface area is 100 Å². The molecule has 4 nitrogen and oxygen atoms in total. The van der Waals surface area contributed by atoms with Gasteiger partial charge in [0.25, 0.3) is 0 Å². The van der Waals surface area contributed by atoms with E-state index in [4.69, 9.17) is 14.2 Å². The van der Waals surface area contributed by atoms with Crippen molar-refractivity contribution in [2.45, 2.75) is 25.7 Å². The predicted octanol–water partition coefficient (Wildman–Crippen LogP) is 1.99. The third-order valence-electron chi connectivity index (χ3n) is 2.63. The van der Waals surface area contributed by atoms with E-state index in [1.807, 2.05) is 13.0 Å². The molecule has 2 atom stereocenters. The lowest BCUT2D eigenvalue weighted by Gasteiger charge is -2.11. The number of benzene rings is 1. The summed E-state index contributed by atoms with van der Waals surface area (Å²) in [5, 5.41) is 0. The average molecular weight is 236 g/mol. The van der Waals surface area contributed by atoms with Gasteiger partial charge in [-0.15, -0.1) is 0 Å². The fourth-order valence-electron chi connectivity index (χ4n) is 1.61. The van der Waals surface area contributed by atoms with Gasteiger partial charge in [-0.05, 0) is 18.6 Å². The maximum atomic E-state index is 11.6. The zero-order valence-corrected chi connectivity index (χ0v) is 9.80. The van der Waals surface area contributed by atoms with E-state index in [0.29, 0.717) is 12.2 Å². The van der Waals surface area contributed by atoms with E-state index in [1.165, 1.54) is 0 Å². The van der Waals surface area contributed by atoms with Crippen molar-refractivity contribution in [1.82, 2.24) is 0 Å². The lowest BCUT2D eigenvalue weighted by atomic mass is 10.2. The molecule has 92 valence electrons. The zero-order chi connectivity index (χ0) is 12.1. The van der Waals surface area contributed by atoms with E-state index in [0.717, 1.165) is 6.42 Å². The molecular formula is C13H16O4. The number of rotatable bonds is 4. The maximum Gasteiger partial charge on any atom is 0.338 e. The molecule has 0 spiro atoms. The first-order valence-corrected chi connectivity index (χ1v) is 5.79. The Morgan fingerprint density at radius 2 is 2.18 bits per heavy atom. The van der Waals surface area contributed by atoms with Crippen LogP contribution in [0.5, 0.6) is 0 Å². The first kappa shape index (κ1) is 12.1. The molecule has 1 aromatic rings. The van der Waals surface area contributed by atoms with E-state index in [9.17, 15) is 4.79 Å². The smallest absolute Gasteiger partial charge is 0.338 e. The topological polar surface area (TPSA) is 44.8 Å². The summed E-state index contributed by atoms with van der Waals surface area (Å²) in [6.45, 7) is 2.75. The third-order valence-corrected chi connectivity index (χ3v) is 2.63. The standard InChI is InChI=1S/C13H16O4/c1-2-11-8-15-12(17-11)9-16-13(14)10-6-4-3-5-7-10/h3-7,11-12H,2,8-9H2,1H3. The van der Waals surface area contributed by atoms with Gasteiger partial charge in [0, 0.05) is 0 Å². The summed E-state index contributed by atoms with van der Waals surface area (Å²) in [5.41, 5.74) is 0.539. The summed E-state index contributed by atoms with van der Waals surface area (Å²) in [5.74, 6) is -0.349. The molecule has 4 heteroatoms. The summed E-state index contributed by atoms with van der Waals surface area (Å²) < 4.78 is 16.0. The van der Waals surface area contributed by atoms with Crippen molar-refractivity contribution in [1.29, 1.82) is 0 Å². The quantitative estimate of drug-likeness (QED) is 0.750.